The molecule has 0 atom stereocenters. The molecule has 4 heterocycles. The van der Waals surface area contributed by atoms with Crippen molar-refractivity contribution in [2.75, 3.05) is 0 Å². The van der Waals surface area contributed by atoms with Crippen LogP contribution in [0.2, 0.25) is 0 Å². The van der Waals surface area contributed by atoms with Crippen LogP contribution in [0.3, 0.4) is 0 Å². The fraction of sp³-hybridized carbons (Fsp3) is 0.375. The minimum atomic E-state index is -3.83. The summed E-state index contributed by atoms with van der Waals surface area (Å²) < 4.78 is 33.3. The van der Waals surface area contributed by atoms with Gasteiger partial charge in [0.1, 0.15) is 9.04 Å². The van der Waals surface area contributed by atoms with Crippen molar-refractivity contribution in [1.82, 2.24) is 29.0 Å². The summed E-state index contributed by atoms with van der Waals surface area (Å²) in [5, 5.41) is 7.67. The SMILES string of the molecule is Cn1cc(Cn2c(=O)c3cc(S(=O)(=O)NC4(C)CC4)sc3n(Cc3ccc4c(c3)CNC4)c2=O)cn1. The second-order valence-corrected chi connectivity index (χ2v) is 12.9. The molecule has 12 heteroatoms. The monoisotopic (exact) mass is 526 g/mol. The number of hydrogen-bond donors (Lipinski definition) is 2. The predicted octanol–water partition coefficient (Wildman–Crippen LogP) is 1.49. The van der Waals surface area contributed by atoms with E-state index in [1.165, 1.54) is 21.8 Å². The molecule has 0 amide bonds. The van der Waals surface area contributed by atoms with E-state index in [2.05, 4.69) is 21.2 Å². The lowest BCUT2D eigenvalue weighted by atomic mass is 10.1. The van der Waals surface area contributed by atoms with Crippen molar-refractivity contribution in [1.29, 1.82) is 0 Å². The molecule has 188 valence electrons. The summed E-state index contributed by atoms with van der Waals surface area (Å²) in [7, 11) is -2.07. The molecule has 3 aromatic heterocycles. The quantitative estimate of drug-likeness (QED) is 0.377. The highest BCUT2D eigenvalue weighted by Gasteiger charge is 2.41. The largest absolute Gasteiger partial charge is 0.332 e. The Morgan fingerprint density at radius 3 is 2.56 bits per heavy atom. The number of hydrogen-bond acceptors (Lipinski definition) is 7. The van der Waals surface area contributed by atoms with Gasteiger partial charge in [0.15, 0.2) is 0 Å². The molecule has 0 radical (unpaired) electrons. The number of rotatable bonds is 7. The first-order valence-corrected chi connectivity index (χ1v) is 14.0. The predicted molar refractivity (Wildman–Crippen MR) is 137 cm³/mol. The zero-order valence-corrected chi connectivity index (χ0v) is 21.6. The second-order valence-electron chi connectivity index (χ2n) is 9.94. The van der Waals surface area contributed by atoms with E-state index < -0.39 is 26.8 Å². The van der Waals surface area contributed by atoms with Gasteiger partial charge in [0, 0.05) is 37.4 Å². The smallest absolute Gasteiger partial charge is 0.309 e. The van der Waals surface area contributed by atoms with E-state index in [0.717, 1.165) is 47.4 Å². The van der Waals surface area contributed by atoms with Gasteiger partial charge >= 0.3 is 5.69 Å². The summed E-state index contributed by atoms with van der Waals surface area (Å²) in [5.41, 5.74) is 2.57. The number of nitrogens with zero attached hydrogens (tertiary/aromatic N) is 4. The second kappa shape index (κ2) is 8.23. The molecule has 1 aliphatic carbocycles. The molecule has 2 aliphatic rings. The number of benzene rings is 1. The van der Waals surface area contributed by atoms with Crippen molar-refractivity contribution < 1.29 is 8.42 Å². The van der Waals surface area contributed by atoms with E-state index in [1.54, 1.807) is 24.1 Å². The number of nitrogens with one attached hydrogen (secondary N) is 2. The lowest BCUT2D eigenvalue weighted by Crippen LogP contribution is -2.40. The van der Waals surface area contributed by atoms with Gasteiger partial charge in [0.2, 0.25) is 0 Å². The first-order chi connectivity index (χ1) is 17.1. The molecule has 1 fully saturated rings. The Morgan fingerprint density at radius 2 is 1.83 bits per heavy atom. The number of sulfonamides is 1. The molecular weight excluding hydrogens is 500 g/mol. The summed E-state index contributed by atoms with van der Waals surface area (Å²) in [6.07, 6.45) is 4.90. The van der Waals surface area contributed by atoms with E-state index in [4.69, 9.17) is 0 Å². The Morgan fingerprint density at radius 1 is 1.08 bits per heavy atom. The van der Waals surface area contributed by atoms with Gasteiger partial charge in [-0.3, -0.25) is 18.6 Å². The third-order valence-electron chi connectivity index (χ3n) is 6.86. The number of aryl methyl sites for hydroxylation is 1. The van der Waals surface area contributed by atoms with Crippen molar-refractivity contribution in [3.8, 4) is 0 Å². The molecule has 2 N–H and O–H groups in total. The van der Waals surface area contributed by atoms with E-state index in [-0.39, 0.29) is 22.7 Å². The summed E-state index contributed by atoms with van der Waals surface area (Å²) >= 11 is 0.962. The van der Waals surface area contributed by atoms with Gasteiger partial charge in [-0.05, 0) is 42.5 Å². The van der Waals surface area contributed by atoms with Crippen molar-refractivity contribution in [3.63, 3.8) is 0 Å². The van der Waals surface area contributed by atoms with Gasteiger partial charge in [-0.15, -0.1) is 11.3 Å². The van der Waals surface area contributed by atoms with Crippen LogP contribution in [0, 0.1) is 0 Å². The Labute approximate surface area is 211 Å². The summed E-state index contributed by atoms with van der Waals surface area (Å²) in [6.45, 7) is 3.70. The first-order valence-electron chi connectivity index (χ1n) is 11.7. The molecule has 4 aromatic rings. The van der Waals surface area contributed by atoms with Crippen molar-refractivity contribution in [3.05, 3.63) is 79.8 Å². The van der Waals surface area contributed by atoms with E-state index >= 15 is 0 Å². The van der Waals surface area contributed by atoms with Crippen LogP contribution >= 0.6 is 11.3 Å². The molecule has 36 heavy (non-hydrogen) atoms. The summed E-state index contributed by atoms with van der Waals surface area (Å²) in [6, 6.07) is 7.48. The van der Waals surface area contributed by atoms with Crippen LogP contribution in [-0.4, -0.2) is 32.9 Å². The topological polar surface area (TPSA) is 120 Å². The lowest BCUT2D eigenvalue weighted by molar-refractivity contribution is 0.560. The first kappa shape index (κ1) is 23.3. The highest BCUT2D eigenvalue weighted by molar-refractivity contribution is 7.91. The summed E-state index contributed by atoms with van der Waals surface area (Å²) in [4.78, 5) is 27.5. The molecule has 6 rings (SSSR count). The van der Waals surface area contributed by atoms with E-state index in [0.29, 0.717) is 10.4 Å². The third-order valence-corrected chi connectivity index (χ3v) is 10.1. The maximum atomic E-state index is 13.7. The van der Waals surface area contributed by atoms with Gasteiger partial charge < -0.3 is 5.32 Å². The van der Waals surface area contributed by atoms with Crippen LogP contribution in [0.25, 0.3) is 10.2 Å². The third kappa shape index (κ3) is 4.13. The Hall–Kier alpha value is -3.06. The summed E-state index contributed by atoms with van der Waals surface area (Å²) in [5.74, 6) is 0. The molecule has 1 saturated carbocycles. The number of aromatic nitrogens is 4. The zero-order chi connectivity index (χ0) is 25.2. The molecule has 0 unspecified atom stereocenters. The van der Waals surface area contributed by atoms with Crippen molar-refractivity contribution >= 4 is 31.6 Å². The van der Waals surface area contributed by atoms with Crippen molar-refractivity contribution in [2.45, 2.75) is 55.7 Å². The fourth-order valence-corrected chi connectivity index (χ4v) is 7.52. The average Bonchev–Trinajstić information content (AvgIpc) is 3.25. The van der Waals surface area contributed by atoms with Crippen LogP contribution in [0.5, 0.6) is 0 Å². The van der Waals surface area contributed by atoms with Gasteiger partial charge in [0.25, 0.3) is 15.6 Å². The lowest BCUT2D eigenvalue weighted by Gasteiger charge is -2.12. The maximum absolute atomic E-state index is 13.7. The highest BCUT2D eigenvalue weighted by atomic mass is 32.2. The maximum Gasteiger partial charge on any atom is 0.332 e. The Kier molecular flexibility index (Phi) is 5.34. The van der Waals surface area contributed by atoms with Crippen LogP contribution < -0.4 is 21.3 Å². The van der Waals surface area contributed by atoms with Gasteiger partial charge in [-0.25, -0.2) is 17.9 Å². The van der Waals surface area contributed by atoms with Crippen LogP contribution in [0.15, 0.2) is 50.5 Å². The van der Waals surface area contributed by atoms with E-state index in [1.807, 2.05) is 19.1 Å². The fourth-order valence-electron chi connectivity index (χ4n) is 4.62. The molecule has 0 bridgehead atoms. The molecular formula is C24H26N6O4S2. The minimum absolute atomic E-state index is 0.0353. The van der Waals surface area contributed by atoms with Crippen molar-refractivity contribution in [2.24, 2.45) is 7.05 Å². The molecule has 1 aromatic carbocycles. The Bertz CT molecular complexity index is 1740. The molecule has 0 saturated heterocycles. The molecule has 0 spiro atoms. The number of thiophene rings is 1. The highest BCUT2D eigenvalue weighted by Crippen LogP contribution is 2.37. The Balaban J connectivity index is 1.51. The van der Waals surface area contributed by atoms with Gasteiger partial charge in [-0.1, -0.05) is 18.2 Å². The van der Waals surface area contributed by atoms with Gasteiger partial charge in [-0.2, -0.15) is 5.10 Å². The van der Waals surface area contributed by atoms with Crippen LogP contribution in [0.4, 0.5) is 0 Å². The van der Waals surface area contributed by atoms with Gasteiger partial charge in [0.05, 0.1) is 24.7 Å². The minimum Gasteiger partial charge on any atom is -0.309 e. The molecule has 10 nitrogen and oxygen atoms in total. The van der Waals surface area contributed by atoms with E-state index in [9.17, 15) is 18.0 Å². The normalized spacial score (nSPS) is 16.5. The van der Waals surface area contributed by atoms with Crippen LogP contribution in [0.1, 0.15) is 42.0 Å². The van der Waals surface area contributed by atoms with Crippen LogP contribution in [-0.2, 0) is 43.2 Å². The molecule has 1 aliphatic heterocycles. The zero-order valence-electron chi connectivity index (χ0n) is 19.9. The number of fused-ring (bicyclic) bond motifs is 2. The average molecular weight is 527 g/mol. The standard InChI is InChI=1S/C24H26N6O4S2/c1-24(5-6-24)27-36(33,34)20-8-19-21(31)29(14-16-9-26-28(2)12-16)23(32)30(22(19)35-20)13-15-3-4-17-10-25-11-18(17)7-15/h3-4,7-9,12,25,27H,5-6,10-11,13-14H2,1-2H3.